The molecular weight excluding hydrogens is 511 g/mol. The first-order chi connectivity index (χ1) is 15.3. The molecule has 0 saturated heterocycles. The summed E-state index contributed by atoms with van der Waals surface area (Å²) in [6, 6.07) is 0. The number of alkyl halides is 3. The lowest BCUT2D eigenvalue weighted by Gasteiger charge is -2.07. The highest BCUT2D eigenvalue weighted by Gasteiger charge is 2.28. The van der Waals surface area contributed by atoms with Crippen molar-refractivity contribution in [3.63, 3.8) is 0 Å². The molecule has 4 N–H and O–H groups in total. The van der Waals surface area contributed by atoms with Crippen LogP contribution in [-0.4, -0.2) is 83.4 Å². The molecule has 0 heterocycles. The van der Waals surface area contributed by atoms with Gasteiger partial charge in [0.15, 0.2) is 0 Å². The normalized spacial score (nSPS) is 10.4. The molecule has 0 aromatic rings. The highest BCUT2D eigenvalue weighted by Crippen LogP contribution is 2.28. The molecule has 0 atom stereocenters. The minimum Gasteiger partial charge on any atom is -0.466 e. The Morgan fingerprint density at radius 1 is 0.906 bits per heavy atom. The van der Waals surface area contributed by atoms with E-state index in [1.165, 1.54) is 0 Å². The summed E-state index contributed by atoms with van der Waals surface area (Å²) in [6.45, 7) is 4.71. The number of hydrogen-bond acceptors (Lipinski definition) is 10. The van der Waals surface area contributed by atoms with E-state index in [2.05, 4.69) is 4.13 Å². The van der Waals surface area contributed by atoms with Crippen molar-refractivity contribution in [2.24, 2.45) is 0 Å². The van der Waals surface area contributed by atoms with Gasteiger partial charge in [0.25, 0.3) is 0 Å². The molecule has 14 heteroatoms. The number of carbonyl (C=O) groups is 2. The van der Waals surface area contributed by atoms with E-state index in [1.807, 2.05) is 0 Å². The van der Waals surface area contributed by atoms with Gasteiger partial charge in [-0.1, -0.05) is 11.9 Å². The number of thioether (sulfide) groups is 2. The van der Waals surface area contributed by atoms with Crippen molar-refractivity contribution >= 4 is 59.4 Å². The molecular formula is C18H37F3NO6S4+. The van der Waals surface area contributed by atoms with Crippen LogP contribution in [0, 0.1) is 0 Å². The molecule has 0 spiro atoms. The van der Waals surface area contributed by atoms with Gasteiger partial charge in [-0.05, 0) is 31.3 Å². The summed E-state index contributed by atoms with van der Waals surface area (Å²) in [5.41, 5.74) is -4.29. The van der Waals surface area contributed by atoms with Crippen LogP contribution in [-0.2, 0) is 19.1 Å². The maximum absolute atomic E-state index is 11.8. The third kappa shape index (κ3) is 37.3. The molecule has 0 saturated carbocycles. The van der Waals surface area contributed by atoms with Crippen molar-refractivity contribution in [2.75, 3.05) is 55.7 Å². The Kier molecular flexibility index (Phi) is 33.2. The largest absolute Gasteiger partial charge is 0.466 e. The van der Waals surface area contributed by atoms with Gasteiger partial charge in [-0.15, -0.1) is 0 Å². The Bertz CT molecular complexity index is 425. The number of esters is 2. The first kappa shape index (κ1) is 36.6. The van der Waals surface area contributed by atoms with Crippen molar-refractivity contribution in [3.05, 3.63) is 0 Å². The van der Waals surface area contributed by atoms with Gasteiger partial charge < -0.3 is 19.7 Å². The summed E-state index contributed by atoms with van der Waals surface area (Å²) in [4.78, 5) is 22.6. The highest BCUT2D eigenvalue weighted by atomic mass is 32.2. The minimum atomic E-state index is -4.29. The van der Waals surface area contributed by atoms with Gasteiger partial charge in [0, 0.05) is 43.2 Å². The molecule has 0 bridgehead atoms. The highest BCUT2D eigenvalue weighted by molar-refractivity contribution is 8.13. The second kappa shape index (κ2) is 29.0. The Balaban J connectivity index is -0.00000154. The molecule has 0 aromatic heterocycles. The van der Waals surface area contributed by atoms with Crippen LogP contribution in [0.4, 0.5) is 13.2 Å². The van der Waals surface area contributed by atoms with Crippen molar-refractivity contribution < 1.29 is 42.4 Å². The molecule has 194 valence electrons. The van der Waals surface area contributed by atoms with E-state index in [0.717, 1.165) is 42.7 Å². The zero-order valence-corrected chi connectivity index (χ0v) is 22.1. The summed E-state index contributed by atoms with van der Waals surface area (Å²) in [5, 5.41) is 13.2. The van der Waals surface area contributed by atoms with Crippen LogP contribution in [0.15, 0.2) is 0 Å². The SMILES string of the molecule is CCOC(=O)CCSCCCSCCC(=O)OCCCSNSC(F)(F)F.CC[OH2+].CO. The minimum absolute atomic E-state index is 0.159. The predicted octanol–water partition coefficient (Wildman–Crippen LogP) is 3.86. The number of halogens is 3. The summed E-state index contributed by atoms with van der Waals surface area (Å²) < 4.78 is 47.5. The Morgan fingerprint density at radius 3 is 1.88 bits per heavy atom. The van der Waals surface area contributed by atoms with Gasteiger partial charge in [-0.2, -0.15) is 36.7 Å². The molecule has 32 heavy (non-hydrogen) atoms. The van der Waals surface area contributed by atoms with Crippen molar-refractivity contribution in [2.45, 2.75) is 45.0 Å². The van der Waals surface area contributed by atoms with Gasteiger partial charge in [-0.3, -0.25) is 9.59 Å². The molecule has 0 amide bonds. The summed E-state index contributed by atoms with van der Waals surface area (Å²) >= 11 is 4.03. The first-order valence-electron chi connectivity index (χ1n) is 9.94. The average molecular weight is 549 g/mol. The van der Waals surface area contributed by atoms with E-state index < -0.39 is 5.51 Å². The fraction of sp³-hybridized carbons (Fsp3) is 0.889. The van der Waals surface area contributed by atoms with Crippen molar-refractivity contribution in [3.8, 4) is 0 Å². The number of aliphatic hydroxyl groups is 1. The second-order valence-electron chi connectivity index (χ2n) is 5.29. The molecule has 0 aliphatic rings. The number of nitrogens with one attached hydrogen (secondary N) is 1. The maximum Gasteiger partial charge on any atom is 0.456 e. The molecule has 0 aliphatic carbocycles. The van der Waals surface area contributed by atoms with Crippen molar-refractivity contribution in [1.82, 2.24) is 4.13 Å². The van der Waals surface area contributed by atoms with E-state index in [1.54, 1.807) is 37.4 Å². The topological polar surface area (TPSA) is 108 Å². The van der Waals surface area contributed by atoms with Crippen LogP contribution >= 0.6 is 47.4 Å². The second-order valence-corrected chi connectivity index (χ2v) is 9.77. The molecule has 0 aliphatic heterocycles. The molecule has 0 unspecified atom stereocenters. The van der Waals surface area contributed by atoms with Gasteiger partial charge in [0.1, 0.15) is 6.61 Å². The molecule has 0 aromatic carbocycles. The summed E-state index contributed by atoms with van der Waals surface area (Å²) in [6.07, 6.45) is 2.27. The first-order valence-corrected chi connectivity index (χ1v) is 14.1. The number of aliphatic hydroxyl groups excluding tert-OH is 1. The number of ether oxygens (including phenoxy) is 2. The average Bonchev–Trinajstić information content (AvgIpc) is 2.73. The molecule has 0 fully saturated rings. The van der Waals surface area contributed by atoms with Gasteiger partial charge in [0.05, 0.1) is 26.1 Å². The van der Waals surface area contributed by atoms with E-state index in [9.17, 15) is 22.8 Å². The summed E-state index contributed by atoms with van der Waals surface area (Å²) in [7, 11) is 1.00. The van der Waals surface area contributed by atoms with E-state index in [-0.39, 0.29) is 30.5 Å². The molecule has 0 rings (SSSR count). The third-order valence-corrected chi connectivity index (χ3v) is 6.32. The quantitative estimate of drug-likeness (QED) is 0.120. The van der Waals surface area contributed by atoms with Crippen LogP contribution in [0.2, 0.25) is 0 Å². The standard InChI is InChI=1S/C15H26F3NO4S4.C2H6O.CH4O/c1-2-22-13(20)5-11-24-8-4-9-25-12-6-14(21)23-7-3-10-26-19-27-15(16,17)18;1-2-3;1-2/h19H,2-12H2,1H3;3H,2H2,1H3;2H,1H3/p+1. The Hall–Kier alpha value is 0.01000. The van der Waals surface area contributed by atoms with Gasteiger partial charge in [-0.25, -0.2) is 4.13 Å². The number of hydrogen-bond donors (Lipinski definition) is 2. The van der Waals surface area contributed by atoms with Crippen LogP contribution in [0.3, 0.4) is 0 Å². The van der Waals surface area contributed by atoms with E-state index in [0.29, 0.717) is 44.0 Å². The monoisotopic (exact) mass is 548 g/mol. The van der Waals surface area contributed by atoms with E-state index in [4.69, 9.17) is 19.7 Å². The predicted molar refractivity (Wildman–Crippen MR) is 132 cm³/mol. The fourth-order valence-corrected chi connectivity index (χ4v) is 4.64. The third-order valence-electron chi connectivity index (χ3n) is 2.65. The van der Waals surface area contributed by atoms with Crippen LogP contribution in [0.5, 0.6) is 0 Å². The zero-order chi connectivity index (χ0) is 25.1. The smallest absolute Gasteiger partial charge is 0.456 e. The zero-order valence-electron chi connectivity index (χ0n) is 18.8. The molecule has 0 radical (unpaired) electrons. The lowest BCUT2D eigenvalue weighted by Crippen LogP contribution is -2.09. The summed E-state index contributed by atoms with van der Waals surface area (Å²) in [5.74, 6) is 3.35. The van der Waals surface area contributed by atoms with Crippen molar-refractivity contribution in [1.29, 1.82) is 0 Å². The lowest BCUT2D eigenvalue weighted by molar-refractivity contribution is -0.143. The van der Waals surface area contributed by atoms with Crippen LogP contribution in [0.25, 0.3) is 0 Å². The fourth-order valence-electron chi connectivity index (χ4n) is 1.52. The molecule has 7 nitrogen and oxygen atoms in total. The van der Waals surface area contributed by atoms with Gasteiger partial charge >= 0.3 is 17.4 Å². The number of rotatable bonds is 17. The Morgan fingerprint density at radius 2 is 1.41 bits per heavy atom. The van der Waals surface area contributed by atoms with Crippen LogP contribution in [0.1, 0.15) is 39.5 Å². The Labute approximate surface area is 206 Å². The van der Waals surface area contributed by atoms with Crippen LogP contribution < -0.4 is 4.13 Å². The van der Waals surface area contributed by atoms with E-state index >= 15 is 0 Å². The maximum atomic E-state index is 11.8. The lowest BCUT2D eigenvalue weighted by atomic mass is 10.5. The van der Waals surface area contributed by atoms with Gasteiger partial charge in [0.2, 0.25) is 0 Å². The number of carbonyl (C=O) groups excluding carboxylic acids is 2.